The molecule has 0 bridgehead atoms. The Labute approximate surface area is 115 Å². The molecule has 1 aliphatic carbocycles. The van der Waals surface area contributed by atoms with Crippen molar-refractivity contribution >= 4 is 17.7 Å². The van der Waals surface area contributed by atoms with Gasteiger partial charge in [-0.15, -0.1) is 0 Å². The van der Waals surface area contributed by atoms with Crippen molar-refractivity contribution in [2.24, 2.45) is 5.92 Å². The standard InChI is InChI=1S/C14H26O3S/c1-3-5-10-18-11-14(16)8-6-12(7-9-14)13(15)17-4-2/h12,16H,3-11H2,1-2H3. The first-order chi connectivity index (χ1) is 8.61. The lowest BCUT2D eigenvalue weighted by molar-refractivity contribution is -0.150. The predicted octanol–water partition coefficient (Wildman–Crippen LogP) is 3.00. The van der Waals surface area contributed by atoms with E-state index in [1.807, 2.05) is 18.7 Å². The fourth-order valence-corrected chi connectivity index (χ4v) is 3.61. The summed E-state index contributed by atoms with van der Waals surface area (Å²) >= 11 is 1.84. The molecule has 0 aromatic carbocycles. The van der Waals surface area contributed by atoms with E-state index in [9.17, 15) is 9.90 Å². The molecule has 1 fully saturated rings. The summed E-state index contributed by atoms with van der Waals surface area (Å²) in [6, 6.07) is 0. The van der Waals surface area contributed by atoms with Crippen molar-refractivity contribution in [1.82, 2.24) is 0 Å². The van der Waals surface area contributed by atoms with Crippen LogP contribution >= 0.6 is 11.8 Å². The average Bonchev–Trinajstić information content (AvgIpc) is 2.36. The largest absolute Gasteiger partial charge is 0.466 e. The van der Waals surface area contributed by atoms with Gasteiger partial charge in [0.05, 0.1) is 18.1 Å². The molecule has 0 atom stereocenters. The third-order valence-electron chi connectivity index (χ3n) is 3.55. The summed E-state index contributed by atoms with van der Waals surface area (Å²) < 4.78 is 5.04. The molecule has 0 heterocycles. The lowest BCUT2D eigenvalue weighted by Gasteiger charge is -2.34. The summed E-state index contributed by atoms with van der Waals surface area (Å²) in [5, 5.41) is 10.4. The number of hydrogen-bond acceptors (Lipinski definition) is 4. The number of unbranched alkanes of at least 4 members (excludes halogenated alkanes) is 1. The Morgan fingerprint density at radius 3 is 2.61 bits per heavy atom. The Morgan fingerprint density at radius 2 is 2.06 bits per heavy atom. The zero-order chi connectivity index (χ0) is 13.4. The average molecular weight is 274 g/mol. The van der Waals surface area contributed by atoms with Crippen LogP contribution in [0, 0.1) is 5.92 Å². The van der Waals surface area contributed by atoms with Crippen LogP contribution in [0.5, 0.6) is 0 Å². The molecule has 0 radical (unpaired) electrons. The van der Waals surface area contributed by atoms with E-state index < -0.39 is 5.60 Å². The van der Waals surface area contributed by atoms with E-state index in [2.05, 4.69) is 6.92 Å². The molecule has 18 heavy (non-hydrogen) atoms. The van der Waals surface area contributed by atoms with Crippen LogP contribution in [0.3, 0.4) is 0 Å². The van der Waals surface area contributed by atoms with Crippen LogP contribution in [0.2, 0.25) is 0 Å². The van der Waals surface area contributed by atoms with E-state index >= 15 is 0 Å². The Morgan fingerprint density at radius 1 is 1.39 bits per heavy atom. The summed E-state index contributed by atoms with van der Waals surface area (Å²) in [5.74, 6) is 1.85. The molecule has 0 spiro atoms. The number of carbonyl (C=O) groups excluding carboxylic acids is 1. The Hall–Kier alpha value is -0.220. The lowest BCUT2D eigenvalue weighted by Crippen LogP contribution is -2.38. The van der Waals surface area contributed by atoms with E-state index in [0.717, 1.165) is 37.2 Å². The van der Waals surface area contributed by atoms with Gasteiger partial charge in [0.15, 0.2) is 0 Å². The predicted molar refractivity (Wildman–Crippen MR) is 75.8 cm³/mol. The highest BCUT2D eigenvalue weighted by Crippen LogP contribution is 2.35. The van der Waals surface area contributed by atoms with Crippen molar-refractivity contribution in [3.05, 3.63) is 0 Å². The Kier molecular flexibility index (Phi) is 7.08. The number of hydrogen-bond donors (Lipinski definition) is 1. The van der Waals surface area contributed by atoms with Gasteiger partial charge in [0.25, 0.3) is 0 Å². The first-order valence-electron chi connectivity index (χ1n) is 7.08. The van der Waals surface area contributed by atoms with Gasteiger partial charge in [-0.1, -0.05) is 13.3 Å². The summed E-state index contributed by atoms with van der Waals surface area (Å²) in [4.78, 5) is 11.6. The van der Waals surface area contributed by atoms with Gasteiger partial charge in [0, 0.05) is 5.75 Å². The molecule has 3 nitrogen and oxygen atoms in total. The maximum absolute atomic E-state index is 11.6. The van der Waals surface area contributed by atoms with Crippen LogP contribution in [0.15, 0.2) is 0 Å². The number of aliphatic hydroxyl groups is 1. The number of thioether (sulfide) groups is 1. The number of esters is 1. The van der Waals surface area contributed by atoms with Gasteiger partial charge in [-0.3, -0.25) is 4.79 Å². The van der Waals surface area contributed by atoms with Gasteiger partial charge in [0.2, 0.25) is 0 Å². The van der Waals surface area contributed by atoms with Gasteiger partial charge in [0.1, 0.15) is 0 Å². The van der Waals surface area contributed by atoms with Gasteiger partial charge in [-0.25, -0.2) is 0 Å². The van der Waals surface area contributed by atoms with Gasteiger partial charge >= 0.3 is 5.97 Å². The second-order valence-electron chi connectivity index (χ2n) is 5.16. The van der Waals surface area contributed by atoms with Gasteiger partial charge in [-0.05, 0) is 44.8 Å². The van der Waals surface area contributed by atoms with Crippen molar-refractivity contribution in [1.29, 1.82) is 0 Å². The topological polar surface area (TPSA) is 46.5 Å². The molecule has 106 valence electrons. The highest BCUT2D eigenvalue weighted by molar-refractivity contribution is 7.99. The maximum atomic E-state index is 11.6. The van der Waals surface area contributed by atoms with Crippen LogP contribution in [-0.4, -0.2) is 34.8 Å². The molecule has 1 N–H and O–H groups in total. The van der Waals surface area contributed by atoms with Crippen molar-refractivity contribution in [3.63, 3.8) is 0 Å². The lowest BCUT2D eigenvalue weighted by atomic mass is 9.80. The first-order valence-corrected chi connectivity index (χ1v) is 8.23. The molecule has 1 aliphatic rings. The SMILES string of the molecule is CCCCSCC1(O)CCC(C(=O)OCC)CC1. The highest BCUT2D eigenvalue weighted by atomic mass is 32.2. The second kappa shape index (κ2) is 8.05. The van der Waals surface area contributed by atoms with Crippen molar-refractivity contribution < 1.29 is 14.6 Å². The second-order valence-corrected chi connectivity index (χ2v) is 6.26. The van der Waals surface area contributed by atoms with Crippen LogP contribution in [0.25, 0.3) is 0 Å². The van der Waals surface area contributed by atoms with Crippen molar-refractivity contribution in [3.8, 4) is 0 Å². The maximum Gasteiger partial charge on any atom is 0.308 e. The minimum atomic E-state index is -0.554. The minimum absolute atomic E-state index is 0.00543. The van der Waals surface area contributed by atoms with E-state index in [0.29, 0.717) is 6.61 Å². The summed E-state index contributed by atoms with van der Waals surface area (Å²) in [7, 11) is 0. The summed E-state index contributed by atoms with van der Waals surface area (Å²) in [6.07, 6.45) is 5.42. The van der Waals surface area contributed by atoms with Crippen LogP contribution in [-0.2, 0) is 9.53 Å². The molecular weight excluding hydrogens is 248 g/mol. The molecule has 0 unspecified atom stereocenters. The Bertz CT molecular complexity index is 247. The molecule has 0 aliphatic heterocycles. The molecular formula is C14H26O3S. The van der Waals surface area contributed by atoms with Gasteiger partial charge < -0.3 is 9.84 Å². The fourth-order valence-electron chi connectivity index (χ4n) is 2.30. The smallest absolute Gasteiger partial charge is 0.308 e. The number of carbonyl (C=O) groups is 1. The Balaban J connectivity index is 2.26. The third kappa shape index (κ3) is 5.19. The van der Waals surface area contributed by atoms with Crippen molar-refractivity contribution in [2.75, 3.05) is 18.1 Å². The number of ether oxygens (including phenoxy) is 1. The van der Waals surface area contributed by atoms with E-state index in [1.54, 1.807) is 0 Å². The van der Waals surface area contributed by atoms with Crippen LogP contribution in [0.1, 0.15) is 52.4 Å². The molecule has 0 amide bonds. The summed E-state index contributed by atoms with van der Waals surface area (Å²) in [5.41, 5.74) is -0.554. The normalized spacial score (nSPS) is 28.1. The highest BCUT2D eigenvalue weighted by Gasteiger charge is 2.36. The molecule has 0 saturated heterocycles. The van der Waals surface area contributed by atoms with Gasteiger partial charge in [-0.2, -0.15) is 11.8 Å². The summed E-state index contributed by atoms with van der Waals surface area (Å²) in [6.45, 7) is 4.47. The first kappa shape index (κ1) is 15.8. The van der Waals surface area contributed by atoms with Crippen LogP contribution < -0.4 is 0 Å². The zero-order valence-electron chi connectivity index (χ0n) is 11.6. The quantitative estimate of drug-likeness (QED) is 0.572. The molecule has 4 heteroatoms. The van der Waals surface area contributed by atoms with E-state index in [4.69, 9.17) is 4.74 Å². The van der Waals surface area contributed by atoms with Crippen molar-refractivity contribution in [2.45, 2.75) is 58.0 Å². The van der Waals surface area contributed by atoms with E-state index in [-0.39, 0.29) is 11.9 Å². The molecule has 0 aromatic rings. The molecule has 0 aromatic heterocycles. The van der Waals surface area contributed by atoms with Crippen LogP contribution in [0.4, 0.5) is 0 Å². The van der Waals surface area contributed by atoms with E-state index in [1.165, 1.54) is 12.8 Å². The molecule has 1 saturated carbocycles. The zero-order valence-corrected chi connectivity index (χ0v) is 12.4. The molecule has 1 rings (SSSR count). The fraction of sp³-hybridized carbons (Fsp3) is 0.929. The third-order valence-corrected chi connectivity index (χ3v) is 4.87. The monoisotopic (exact) mass is 274 g/mol. The number of rotatable bonds is 7. The minimum Gasteiger partial charge on any atom is -0.466 e.